The quantitative estimate of drug-likeness (QED) is 0.0836. The Morgan fingerprint density at radius 3 is 2.18 bits per heavy atom. The van der Waals surface area contributed by atoms with E-state index in [4.69, 9.17) is 14.0 Å². The third-order valence-corrected chi connectivity index (χ3v) is 11.2. The van der Waals surface area contributed by atoms with Gasteiger partial charge in [0, 0.05) is 43.8 Å². The molecule has 3 aromatic carbocycles. The maximum atomic E-state index is 13.8. The molecule has 316 valence electrons. The number of halogens is 6. The van der Waals surface area contributed by atoms with Gasteiger partial charge in [0.1, 0.15) is 22.8 Å². The summed E-state index contributed by atoms with van der Waals surface area (Å²) in [5.74, 6) is 0.257. The predicted molar refractivity (Wildman–Crippen MR) is 205 cm³/mol. The third kappa shape index (κ3) is 7.41. The number of piperazine rings is 1. The van der Waals surface area contributed by atoms with E-state index in [2.05, 4.69) is 45.2 Å². The maximum Gasteiger partial charge on any atom is 0.433 e. The van der Waals surface area contributed by atoms with Gasteiger partial charge in [0.2, 0.25) is 11.4 Å². The van der Waals surface area contributed by atoms with E-state index in [0.717, 1.165) is 42.2 Å². The molecule has 9 rings (SSSR count). The highest BCUT2D eigenvalue weighted by Crippen LogP contribution is 2.43. The minimum absolute atomic E-state index is 0.0222. The molecule has 1 aliphatic heterocycles. The first-order valence-corrected chi connectivity index (χ1v) is 19.4. The van der Waals surface area contributed by atoms with Crippen LogP contribution < -0.4 is 19.3 Å². The molecule has 25 heteroatoms. The molecule has 0 radical (unpaired) electrons. The minimum Gasteiger partial charge on any atom is -0.439 e. The van der Waals surface area contributed by atoms with Gasteiger partial charge in [-0.2, -0.15) is 31.3 Å². The Kier molecular flexibility index (Phi) is 9.48. The molecule has 0 bridgehead atoms. The van der Waals surface area contributed by atoms with Crippen LogP contribution in [-0.4, -0.2) is 75.1 Å². The van der Waals surface area contributed by atoms with Crippen molar-refractivity contribution < 1.29 is 53.7 Å². The Morgan fingerprint density at radius 2 is 1.48 bits per heavy atom. The van der Waals surface area contributed by atoms with Crippen LogP contribution in [0.15, 0.2) is 99.2 Å². The fourth-order valence-corrected chi connectivity index (χ4v) is 7.99. The summed E-state index contributed by atoms with van der Waals surface area (Å²) in [7, 11) is -4.49. The van der Waals surface area contributed by atoms with Gasteiger partial charge in [-0.1, -0.05) is 6.07 Å². The Bertz CT molecular complexity index is 3140. The molecule has 1 N–H and O–H groups in total. The normalized spacial score (nSPS) is 13.9. The lowest BCUT2D eigenvalue weighted by molar-refractivity contribution is -0.382. The Morgan fingerprint density at radius 1 is 0.774 bits per heavy atom. The lowest BCUT2D eigenvalue weighted by atomic mass is 9.99. The van der Waals surface area contributed by atoms with Gasteiger partial charge in [-0.15, -0.1) is 0 Å². The van der Waals surface area contributed by atoms with Gasteiger partial charge in [0.05, 0.1) is 32.3 Å². The van der Waals surface area contributed by atoms with Crippen molar-refractivity contribution in [1.82, 2.24) is 35.6 Å². The highest BCUT2D eigenvalue weighted by Gasteiger charge is 2.40. The average molecular weight is 880 g/mol. The first kappa shape index (κ1) is 39.7. The number of benzene rings is 3. The first-order valence-electron chi connectivity index (χ1n) is 17.9. The number of sulfonamides is 1. The first-order chi connectivity index (χ1) is 29.5. The molecular weight excluding hydrogens is 857 g/mol. The molecule has 6 heterocycles. The molecule has 1 aliphatic rings. The second-order valence-corrected chi connectivity index (χ2v) is 15.3. The highest BCUT2D eigenvalue weighted by molar-refractivity contribution is 7.92. The molecule has 0 saturated carbocycles. The van der Waals surface area contributed by atoms with Gasteiger partial charge in [-0.05, 0) is 92.9 Å². The smallest absolute Gasteiger partial charge is 0.433 e. The molecule has 18 nitrogen and oxygen atoms in total. The van der Waals surface area contributed by atoms with Crippen molar-refractivity contribution in [1.29, 1.82) is 0 Å². The number of rotatable bonds is 9. The van der Waals surface area contributed by atoms with Crippen molar-refractivity contribution in [3.05, 3.63) is 106 Å². The van der Waals surface area contributed by atoms with Crippen LogP contribution in [0.1, 0.15) is 11.3 Å². The number of anilines is 3. The van der Waals surface area contributed by atoms with E-state index in [1.807, 2.05) is 23.1 Å². The lowest BCUT2D eigenvalue weighted by Crippen LogP contribution is -2.46. The van der Waals surface area contributed by atoms with Crippen LogP contribution in [0, 0.1) is 10.1 Å². The van der Waals surface area contributed by atoms with Crippen molar-refractivity contribution in [2.45, 2.75) is 17.2 Å². The van der Waals surface area contributed by atoms with Crippen LogP contribution >= 0.6 is 0 Å². The molecular formula is C37H23F6N11O7S. The largest absolute Gasteiger partial charge is 0.439 e. The molecule has 0 atom stereocenters. The van der Waals surface area contributed by atoms with Crippen molar-refractivity contribution in [2.75, 3.05) is 40.7 Å². The number of nitrogens with one attached hydrogen (secondary N) is 1. The molecule has 1 saturated heterocycles. The van der Waals surface area contributed by atoms with Crippen molar-refractivity contribution in [3.63, 3.8) is 0 Å². The minimum atomic E-state index is -5.21. The van der Waals surface area contributed by atoms with Crippen LogP contribution in [0.4, 0.5) is 49.2 Å². The summed E-state index contributed by atoms with van der Waals surface area (Å²) in [6.45, 7) is 2.06. The lowest BCUT2D eigenvalue weighted by Gasteiger charge is -2.36. The molecule has 0 aliphatic carbocycles. The number of nitro groups is 1. The van der Waals surface area contributed by atoms with E-state index in [1.165, 1.54) is 18.2 Å². The summed E-state index contributed by atoms with van der Waals surface area (Å²) in [6, 6.07) is 16.1. The number of pyridine rings is 3. The highest BCUT2D eigenvalue weighted by atomic mass is 32.2. The zero-order valence-corrected chi connectivity index (χ0v) is 31.7. The summed E-state index contributed by atoms with van der Waals surface area (Å²) >= 11 is 0. The van der Waals surface area contributed by atoms with E-state index in [1.54, 1.807) is 6.20 Å². The Labute approximate surface area is 341 Å². The number of hydrogen-bond donors (Lipinski definition) is 1. The monoisotopic (exact) mass is 879 g/mol. The Balaban J connectivity index is 1.01. The zero-order chi connectivity index (χ0) is 43.6. The van der Waals surface area contributed by atoms with Gasteiger partial charge in [-0.3, -0.25) is 14.8 Å². The van der Waals surface area contributed by atoms with E-state index in [0.29, 0.717) is 31.9 Å². The molecule has 0 spiro atoms. The predicted octanol–water partition coefficient (Wildman–Crippen LogP) is 7.63. The topological polar surface area (TPSA) is 222 Å². The molecule has 8 aromatic rings. The number of aromatic nitrogens is 7. The number of nitrogens with zero attached hydrogens (tertiary/aromatic N) is 10. The summed E-state index contributed by atoms with van der Waals surface area (Å²) < 4.78 is 126. The number of fused-ring (bicyclic) bond motifs is 3. The van der Waals surface area contributed by atoms with E-state index < -0.39 is 61.2 Å². The standard InChI is InChI=1S/C37H23F6N11O7S/c38-36(39,40)24-18-28(37(41,42)43)45-35-22(24)8-9-30(46-35)59-20-4-6-21(7-5-20)62(57,58)51-26-16-19(15-25-31(26)48-60-47-25)23-17-27(32-33(50-61-49-32)34(23)54(55)56)52-11-13-53(14-12-52)29-3-1-2-10-44-29/h1-10,15-18,51H,11-14H2. The van der Waals surface area contributed by atoms with E-state index in [9.17, 15) is 44.9 Å². The number of alkyl halides is 6. The van der Waals surface area contributed by atoms with Crippen LogP contribution in [0.25, 0.3) is 44.2 Å². The van der Waals surface area contributed by atoms with Crippen molar-refractivity contribution >= 4 is 66.0 Å². The molecule has 5 aromatic heterocycles. The second-order valence-electron chi connectivity index (χ2n) is 13.6. The second kappa shape index (κ2) is 14.8. The maximum absolute atomic E-state index is 13.8. The van der Waals surface area contributed by atoms with Gasteiger partial charge < -0.3 is 14.5 Å². The number of hydrogen-bond acceptors (Lipinski definition) is 16. The molecule has 0 amide bonds. The summed E-state index contributed by atoms with van der Waals surface area (Å²) in [5.41, 5.74) is -4.35. The van der Waals surface area contributed by atoms with Crippen molar-refractivity contribution in [3.8, 4) is 22.8 Å². The number of ether oxygens (including phenoxy) is 1. The molecule has 62 heavy (non-hydrogen) atoms. The molecule has 1 fully saturated rings. The van der Waals surface area contributed by atoms with Crippen LogP contribution in [0.2, 0.25) is 0 Å². The average Bonchev–Trinajstić information content (AvgIpc) is 3.93. The van der Waals surface area contributed by atoms with E-state index in [-0.39, 0.29) is 55.6 Å². The summed E-state index contributed by atoms with van der Waals surface area (Å²) in [5, 5.41) is 27.4. The summed E-state index contributed by atoms with van der Waals surface area (Å²) in [6.07, 6.45) is -8.67. The van der Waals surface area contributed by atoms with E-state index >= 15 is 0 Å². The number of nitro benzene ring substituents is 1. The van der Waals surface area contributed by atoms with Crippen LogP contribution in [-0.2, 0) is 22.4 Å². The fourth-order valence-electron chi connectivity index (χ4n) is 6.93. The van der Waals surface area contributed by atoms with Crippen LogP contribution in [0.3, 0.4) is 0 Å². The zero-order valence-electron chi connectivity index (χ0n) is 30.9. The third-order valence-electron chi connectivity index (χ3n) is 9.78. The van der Waals surface area contributed by atoms with Gasteiger partial charge in [0.25, 0.3) is 10.0 Å². The van der Waals surface area contributed by atoms with Gasteiger partial charge in [-0.25, -0.2) is 27.6 Å². The van der Waals surface area contributed by atoms with Crippen LogP contribution in [0.5, 0.6) is 11.6 Å². The fraction of sp³-hybridized carbons (Fsp3) is 0.162. The van der Waals surface area contributed by atoms with Gasteiger partial charge >= 0.3 is 18.0 Å². The van der Waals surface area contributed by atoms with Gasteiger partial charge in [0.15, 0.2) is 16.7 Å². The van der Waals surface area contributed by atoms with Crippen molar-refractivity contribution in [2.24, 2.45) is 0 Å². The summed E-state index contributed by atoms with van der Waals surface area (Å²) in [4.78, 5) is 27.1. The molecule has 0 unspecified atom stereocenters. The Hall–Kier alpha value is -7.70. The SMILES string of the molecule is O=[N+]([O-])c1c(-c2cc(NS(=O)(=O)c3ccc(Oc4ccc5c(C(F)(F)F)cc(C(F)(F)F)nc5n4)cc3)c3nonc3c2)cc(N2CCN(c3ccccn3)CC2)c2nonc12.